The van der Waals surface area contributed by atoms with E-state index in [1.807, 2.05) is 0 Å². The van der Waals surface area contributed by atoms with Crippen LogP contribution < -0.4 is 0 Å². The Balaban J connectivity index is 4.17. The summed E-state index contributed by atoms with van der Waals surface area (Å²) in [6.45, 7) is 6.53. The molecule has 0 aliphatic heterocycles. The summed E-state index contributed by atoms with van der Waals surface area (Å²) in [5.41, 5.74) is 0. The third-order valence-electron chi connectivity index (χ3n) is 13.2. The molecule has 72 heavy (non-hydrogen) atoms. The van der Waals surface area contributed by atoms with Gasteiger partial charge in [-0.25, -0.2) is 0 Å². The lowest BCUT2D eigenvalue weighted by atomic mass is 10.0. The van der Waals surface area contributed by atoms with Gasteiger partial charge in [0, 0.05) is 19.3 Å². The highest BCUT2D eigenvalue weighted by atomic mass is 16.6. The molecule has 414 valence electrons. The van der Waals surface area contributed by atoms with Crippen molar-refractivity contribution in [1.82, 2.24) is 0 Å². The predicted octanol–water partition coefficient (Wildman–Crippen LogP) is 20.7. The molecule has 0 aromatic carbocycles. The largest absolute Gasteiger partial charge is 0.462 e. The van der Waals surface area contributed by atoms with E-state index in [9.17, 15) is 14.4 Å². The molecule has 0 rings (SSSR count). The molecular formula is C66H114O6. The molecule has 0 aromatic rings. The fourth-order valence-corrected chi connectivity index (χ4v) is 8.60. The minimum absolute atomic E-state index is 0.0734. The zero-order chi connectivity index (χ0) is 52.2. The lowest BCUT2D eigenvalue weighted by molar-refractivity contribution is -0.167. The van der Waals surface area contributed by atoms with Gasteiger partial charge in [0.2, 0.25) is 0 Å². The Morgan fingerprint density at radius 2 is 0.542 bits per heavy atom. The number of carbonyl (C=O) groups is 3. The van der Waals surface area contributed by atoms with Gasteiger partial charge in [0.1, 0.15) is 13.2 Å². The van der Waals surface area contributed by atoms with Gasteiger partial charge in [0.05, 0.1) is 0 Å². The van der Waals surface area contributed by atoms with Gasteiger partial charge in [-0.15, -0.1) is 0 Å². The second kappa shape index (κ2) is 60.1. The maximum atomic E-state index is 12.8. The lowest BCUT2D eigenvalue weighted by Gasteiger charge is -2.18. The van der Waals surface area contributed by atoms with Crippen molar-refractivity contribution in [3.63, 3.8) is 0 Å². The minimum atomic E-state index is -0.774. The normalized spacial score (nSPS) is 12.7. The zero-order valence-corrected chi connectivity index (χ0v) is 47.4. The van der Waals surface area contributed by atoms with E-state index < -0.39 is 6.10 Å². The summed E-state index contributed by atoms with van der Waals surface area (Å²) >= 11 is 0. The Morgan fingerprint density at radius 3 is 0.847 bits per heavy atom. The van der Waals surface area contributed by atoms with Crippen molar-refractivity contribution in [1.29, 1.82) is 0 Å². The molecule has 0 N–H and O–H groups in total. The molecule has 0 spiro atoms. The fraction of sp³-hybridized carbons (Fsp3) is 0.742. The van der Waals surface area contributed by atoms with Crippen LogP contribution in [-0.4, -0.2) is 37.2 Å². The van der Waals surface area contributed by atoms with Crippen LogP contribution in [0.1, 0.15) is 297 Å². The van der Waals surface area contributed by atoms with Crippen LogP contribution in [0.5, 0.6) is 0 Å². The fourth-order valence-electron chi connectivity index (χ4n) is 8.60. The van der Waals surface area contributed by atoms with E-state index in [0.29, 0.717) is 19.3 Å². The van der Waals surface area contributed by atoms with E-state index in [1.165, 1.54) is 148 Å². The van der Waals surface area contributed by atoms with Gasteiger partial charge in [0.25, 0.3) is 0 Å². The highest BCUT2D eigenvalue weighted by molar-refractivity contribution is 5.71. The van der Waals surface area contributed by atoms with Gasteiger partial charge >= 0.3 is 17.9 Å². The van der Waals surface area contributed by atoms with Crippen LogP contribution in [-0.2, 0) is 28.6 Å². The maximum Gasteiger partial charge on any atom is 0.306 e. The van der Waals surface area contributed by atoms with Crippen molar-refractivity contribution in [2.24, 2.45) is 0 Å². The average molecular weight is 1000 g/mol. The van der Waals surface area contributed by atoms with E-state index in [1.54, 1.807) is 0 Å². The van der Waals surface area contributed by atoms with Crippen LogP contribution >= 0.6 is 0 Å². The van der Waals surface area contributed by atoms with E-state index >= 15 is 0 Å². The molecule has 6 heteroatoms. The Morgan fingerprint density at radius 1 is 0.292 bits per heavy atom. The van der Waals surface area contributed by atoms with Crippen molar-refractivity contribution in [3.05, 3.63) is 85.1 Å². The number of unbranched alkanes of at least 4 members (excludes halogenated alkanes) is 30. The van der Waals surface area contributed by atoms with Crippen molar-refractivity contribution in [2.75, 3.05) is 13.2 Å². The summed E-state index contributed by atoms with van der Waals surface area (Å²) in [7, 11) is 0. The van der Waals surface area contributed by atoms with E-state index in [0.717, 1.165) is 109 Å². The van der Waals surface area contributed by atoms with Crippen molar-refractivity contribution in [2.45, 2.75) is 303 Å². The zero-order valence-electron chi connectivity index (χ0n) is 47.4. The second-order valence-electron chi connectivity index (χ2n) is 20.2. The molecule has 0 saturated heterocycles. The van der Waals surface area contributed by atoms with Gasteiger partial charge in [-0.2, -0.15) is 0 Å². The summed E-state index contributed by atoms with van der Waals surface area (Å²) in [6, 6.07) is 0. The summed E-state index contributed by atoms with van der Waals surface area (Å²) in [4.78, 5) is 38.1. The topological polar surface area (TPSA) is 78.9 Å². The molecule has 1 unspecified atom stereocenters. The summed E-state index contributed by atoms with van der Waals surface area (Å²) in [6.07, 6.45) is 78.8. The first-order chi connectivity index (χ1) is 35.5. The Hall–Kier alpha value is -3.41. The third kappa shape index (κ3) is 57.5. The van der Waals surface area contributed by atoms with Crippen LogP contribution in [0.3, 0.4) is 0 Å². The highest BCUT2D eigenvalue weighted by Crippen LogP contribution is 2.16. The number of ether oxygens (including phenoxy) is 3. The molecule has 0 fully saturated rings. The van der Waals surface area contributed by atoms with Gasteiger partial charge in [0.15, 0.2) is 6.10 Å². The highest BCUT2D eigenvalue weighted by Gasteiger charge is 2.19. The molecule has 0 saturated carbocycles. The van der Waals surface area contributed by atoms with E-state index in [-0.39, 0.29) is 31.1 Å². The SMILES string of the molecule is CC/C=C\C/C=C\C/C=C\C/C=C\C/C=C\C/C=C\C/C=C\CCCCCCCCCCCC(=O)OCC(COC(=O)CCCCCCCCCCCC)OC(=O)CCCCCCCCCCCCCCC. The number of hydrogen-bond acceptors (Lipinski definition) is 6. The first kappa shape index (κ1) is 68.6. The van der Waals surface area contributed by atoms with Gasteiger partial charge < -0.3 is 14.2 Å². The third-order valence-corrected chi connectivity index (χ3v) is 13.2. The number of esters is 3. The molecule has 6 nitrogen and oxygen atoms in total. The van der Waals surface area contributed by atoms with Crippen molar-refractivity contribution < 1.29 is 28.6 Å². The summed E-state index contributed by atoms with van der Waals surface area (Å²) in [5.74, 6) is -0.871. The van der Waals surface area contributed by atoms with Gasteiger partial charge in [-0.1, -0.05) is 286 Å². The average Bonchev–Trinajstić information content (AvgIpc) is 3.38. The molecule has 0 radical (unpaired) electrons. The smallest absolute Gasteiger partial charge is 0.306 e. The molecule has 0 amide bonds. The molecule has 1 atom stereocenters. The van der Waals surface area contributed by atoms with Crippen LogP contribution in [0.4, 0.5) is 0 Å². The maximum absolute atomic E-state index is 12.8. The van der Waals surface area contributed by atoms with E-state index in [4.69, 9.17) is 14.2 Å². The monoisotopic (exact) mass is 1000 g/mol. The standard InChI is InChI=1S/C66H114O6/c1-4-7-10-13-16-19-22-24-25-26-27-28-29-30-31-32-33-34-35-36-37-38-39-40-41-43-44-47-50-53-56-59-65(68)71-62-63(61-70-64(67)58-55-52-49-46-21-18-15-12-9-6-3)72-66(69)60-57-54-51-48-45-42-23-20-17-14-11-8-5-2/h7,10,16,19,24-25,27-28,30-31,33-34,36-37,63H,4-6,8-9,11-15,17-18,20-23,26,29,32,35,38-62H2,1-3H3/b10-7-,19-16-,25-24-,28-27-,31-30-,34-33-,37-36-. The number of carbonyl (C=O) groups excluding carboxylic acids is 3. The van der Waals surface area contributed by atoms with Crippen LogP contribution in [0.25, 0.3) is 0 Å². The van der Waals surface area contributed by atoms with Crippen LogP contribution in [0.2, 0.25) is 0 Å². The Bertz CT molecular complexity index is 1380. The predicted molar refractivity (Wildman–Crippen MR) is 311 cm³/mol. The number of allylic oxidation sites excluding steroid dienone is 14. The Kier molecular flexibility index (Phi) is 57.3. The number of hydrogen-bond donors (Lipinski definition) is 0. The Labute approximate surface area is 445 Å². The molecule has 0 aromatic heterocycles. The van der Waals surface area contributed by atoms with Crippen LogP contribution in [0, 0.1) is 0 Å². The number of rotatable bonds is 55. The first-order valence-corrected chi connectivity index (χ1v) is 30.6. The van der Waals surface area contributed by atoms with Crippen molar-refractivity contribution >= 4 is 17.9 Å². The molecule has 0 aliphatic rings. The lowest BCUT2D eigenvalue weighted by Crippen LogP contribution is -2.30. The first-order valence-electron chi connectivity index (χ1n) is 30.6. The summed E-state index contributed by atoms with van der Waals surface area (Å²) < 4.78 is 16.8. The molecular weight excluding hydrogens is 889 g/mol. The van der Waals surface area contributed by atoms with Gasteiger partial charge in [-0.3, -0.25) is 14.4 Å². The molecule has 0 heterocycles. The van der Waals surface area contributed by atoms with Gasteiger partial charge in [-0.05, 0) is 77.0 Å². The molecule has 0 bridgehead atoms. The van der Waals surface area contributed by atoms with Crippen LogP contribution in [0.15, 0.2) is 85.1 Å². The second-order valence-corrected chi connectivity index (χ2v) is 20.2. The quantitative estimate of drug-likeness (QED) is 0.0261. The minimum Gasteiger partial charge on any atom is -0.462 e. The van der Waals surface area contributed by atoms with Crippen molar-refractivity contribution in [3.8, 4) is 0 Å². The van der Waals surface area contributed by atoms with E-state index in [2.05, 4.69) is 106 Å². The molecule has 0 aliphatic carbocycles. The summed E-state index contributed by atoms with van der Waals surface area (Å²) in [5, 5.41) is 0.